The lowest BCUT2D eigenvalue weighted by molar-refractivity contribution is 0.0937. The Morgan fingerprint density at radius 1 is 1.19 bits per heavy atom. The number of thioether (sulfide) groups is 1. The van der Waals surface area contributed by atoms with Gasteiger partial charge in [-0.3, -0.25) is 9.36 Å². The van der Waals surface area contributed by atoms with Crippen molar-refractivity contribution in [3.8, 4) is 0 Å². The maximum atomic E-state index is 14.0. The molecule has 0 amide bonds. The molecule has 27 heavy (non-hydrogen) atoms. The molecule has 0 radical (unpaired) electrons. The van der Waals surface area contributed by atoms with Crippen LogP contribution in [0, 0.1) is 11.6 Å². The van der Waals surface area contributed by atoms with Crippen LogP contribution in [0.5, 0.6) is 0 Å². The van der Waals surface area contributed by atoms with Crippen LogP contribution in [-0.2, 0) is 17.0 Å². The lowest BCUT2D eigenvalue weighted by Crippen LogP contribution is -2.28. The second-order valence-corrected chi connectivity index (χ2v) is 7.41. The van der Waals surface area contributed by atoms with Crippen molar-refractivity contribution in [1.82, 2.24) is 9.55 Å². The van der Waals surface area contributed by atoms with Crippen LogP contribution >= 0.6 is 11.8 Å². The first kappa shape index (κ1) is 18.1. The predicted molar refractivity (Wildman–Crippen MR) is 101 cm³/mol. The SMILES string of the molecule is O=c1c2ccccc2nc(SCc2cccc(F)c2F)n1CC1CCCO1. The summed E-state index contributed by atoms with van der Waals surface area (Å²) in [5.41, 5.74) is 0.692. The Morgan fingerprint density at radius 3 is 2.85 bits per heavy atom. The molecule has 1 aliphatic rings. The summed E-state index contributed by atoms with van der Waals surface area (Å²) in [6.45, 7) is 1.10. The zero-order valence-corrected chi connectivity index (χ0v) is 15.3. The topological polar surface area (TPSA) is 44.1 Å². The first-order valence-electron chi connectivity index (χ1n) is 8.80. The van der Waals surface area contributed by atoms with Gasteiger partial charge in [0.25, 0.3) is 5.56 Å². The Hall–Kier alpha value is -2.25. The monoisotopic (exact) mass is 388 g/mol. The second kappa shape index (κ2) is 7.78. The number of aromatic nitrogens is 2. The highest BCUT2D eigenvalue weighted by Gasteiger charge is 2.20. The highest BCUT2D eigenvalue weighted by atomic mass is 32.2. The Bertz CT molecular complexity index is 1030. The standard InChI is InChI=1S/C20H18F2N2O2S/c21-16-8-3-5-13(18(16)22)12-27-20-23-17-9-2-1-7-15(17)19(25)24(20)11-14-6-4-10-26-14/h1-3,5,7-9,14H,4,6,10-12H2. The van der Waals surface area contributed by atoms with E-state index in [1.54, 1.807) is 22.8 Å². The van der Waals surface area contributed by atoms with E-state index in [2.05, 4.69) is 4.98 Å². The molecule has 1 aliphatic heterocycles. The zero-order valence-electron chi connectivity index (χ0n) is 14.5. The van der Waals surface area contributed by atoms with Crippen molar-refractivity contribution >= 4 is 22.7 Å². The number of benzene rings is 2. The summed E-state index contributed by atoms with van der Waals surface area (Å²) < 4.78 is 34.7. The van der Waals surface area contributed by atoms with Gasteiger partial charge in [0, 0.05) is 17.9 Å². The summed E-state index contributed by atoms with van der Waals surface area (Å²) in [4.78, 5) is 17.6. The molecule has 3 aromatic rings. The minimum atomic E-state index is -0.878. The van der Waals surface area contributed by atoms with Gasteiger partial charge in [0.1, 0.15) is 0 Å². The van der Waals surface area contributed by atoms with Crippen LogP contribution in [0.1, 0.15) is 18.4 Å². The molecule has 0 saturated carbocycles. The van der Waals surface area contributed by atoms with E-state index in [1.165, 1.54) is 23.9 Å². The largest absolute Gasteiger partial charge is 0.376 e. The van der Waals surface area contributed by atoms with Crippen LogP contribution in [0.15, 0.2) is 52.4 Å². The lowest BCUT2D eigenvalue weighted by atomic mass is 10.2. The van der Waals surface area contributed by atoms with Crippen molar-refractivity contribution in [1.29, 1.82) is 0 Å². The van der Waals surface area contributed by atoms with E-state index < -0.39 is 11.6 Å². The van der Waals surface area contributed by atoms with E-state index in [-0.39, 0.29) is 23.0 Å². The number of nitrogens with zero attached hydrogens (tertiary/aromatic N) is 2. The van der Waals surface area contributed by atoms with E-state index in [4.69, 9.17) is 4.74 Å². The number of hydrogen-bond donors (Lipinski definition) is 0. The summed E-state index contributed by atoms with van der Waals surface area (Å²) in [5, 5.41) is 1.02. The fourth-order valence-electron chi connectivity index (χ4n) is 3.21. The van der Waals surface area contributed by atoms with Crippen molar-refractivity contribution in [3.63, 3.8) is 0 Å². The minimum absolute atomic E-state index is 0.0316. The smallest absolute Gasteiger partial charge is 0.262 e. The van der Waals surface area contributed by atoms with E-state index >= 15 is 0 Å². The van der Waals surface area contributed by atoms with Gasteiger partial charge < -0.3 is 4.74 Å². The fraction of sp³-hybridized carbons (Fsp3) is 0.300. The number of ether oxygens (including phenoxy) is 1. The number of fused-ring (bicyclic) bond motifs is 1. The summed E-state index contributed by atoms with van der Waals surface area (Å²) in [6, 6.07) is 11.2. The van der Waals surface area contributed by atoms with Gasteiger partial charge in [-0.15, -0.1) is 0 Å². The van der Waals surface area contributed by atoms with Crippen molar-refractivity contribution in [2.45, 2.75) is 36.4 Å². The number of para-hydroxylation sites is 1. The van der Waals surface area contributed by atoms with Crippen molar-refractivity contribution < 1.29 is 13.5 Å². The molecule has 0 spiro atoms. The van der Waals surface area contributed by atoms with Crippen LogP contribution in [0.2, 0.25) is 0 Å². The molecule has 1 saturated heterocycles. The fourth-order valence-corrected chi connectivity index (χ4v) is 4.20. The van der Waals surface area contributed by atoms with Gasteiger partial charge in [0.15, 0.2) is 16.8 Å². The molecule has 0 N–H and O–H groups in total. The van der Waals surface area contributed by atoms with Crippen molar-refractivity contribution in [2.24, 2.45) is 0 Å². The highest BCUT2D eigenvalue weighted by molar-refractivity contribution is 7.98. The van der Waals surface area contributed by atoms with Crippen LogP contribution in [0.3, 0.4) is 0 Å². The Labute approximate surface area is 159 Å². The van der Waals surface area contributed by atoms with Crippen LogP contribution in [-0.4, -0.2) is 22.3 Å². The molecule has 0 bridgehead atoms. The molecule has 4 nitrogen and oxygen atoms in total. The molecular formula is C20H18F2N2O2S. The third-order valence-electron chi connectivity index (χ3n) is 4.63. The van der Waals surface area contributed by atoms with Crippen molar-refractivity contribution in [3.05, 3.63) is 70.0 Å². The molecule has 0 aliphatic carbocycles. The molecule has 4 rings (SSSR count). The quantitative estimate of drug-likeness (QED) is 0.487. The van der Waals surface area contributed by atoms with Gasteiger partial charge in [-0.2, -0.15) is 0 Å². The Balaban J connectivity index is 1.71. The van der Waals surface area contributed by atoms with Gasteiger partial charge >= 0.3 is 0 Å². The van der Waals surface area contributed by atoms with E-state index in [1.807, 2.05) is 6.07 Å². The third-order valence-corrected chi connectivity index (χ3v) is 5.65. The molecule has 1 fully saturated rings. The van der Waals surface area contributed by atoms with E-state index in [0.29, 0.717) is 29.2 Å². The minimum Gasteiger partial charge on any atom is -0.376 e. The van der Waals surface area contributed by atoms with Crippen molar-refractivity contribution in [2.75, 3.05) is 6.61 Å². The third kappa shape index (κ3) is 3.75. The van der Waals surface area contributed by atoms with Crippen LogP contribution in [0.25, 0.3) is 10.9 Å². The average Bonchev–Trinajstić information content (AvgIpc) is 3.19. The summed E-state index contributed by atoms with van der Waals surface area (Å²) in [5.74, 6) is -1.56. The van der Waals surface area contributed by atoms with Gasteiger partial charge in [-0.25, -0.2) is 13.8 Å². The number of rotatable bonds is 5. The number of halogens is 2. The molecule has 1 unspecified atom stereocenters. The molecule has 140 valence electrons. The molecule has 2 heterocycles. The second-order valence-electron chi connectivity index (χ2n) is 6.46. The van der Waals surface area contributed by atoms with Gasteiger partial charge in [-0.1, -0.05) is 36.0 Å². The number of hydrogen-bond acceptors (Lipinski definition) is 4. The molecule has 2 aromatic carbocycles. The van der Waals surface area contributed by atoms with Gasteiger partial charge in [0.2, 0.25) is 0 Å². The van der Waals surface area contributed by atoms with Gasteiger partial charge in [-0.05, 0) is 31.0 Å². The Kier molecular flexibility index (Phi) is 5.22. The first-order chi connectivity index (χ1) is 13.1. The lowest BCUT2D eigenvalue weighted by Gasteiger charge is -2.16. The van der Waals surface area contributed by atoms with E-state index in [9.17, 15) is 13.6 Å². The highest BCUT2D eigenvalue weighted by Crippen LogP contribution is 2.25. The molecular weight excluding hydrogens is 370 g/mol. The zero-order chi connectivity index (χ0) is 18.8. The summed E-state index contributed by atoms with van der Waals surface area (Å²) in [7, 11) is 0. The predicted octanol–water partition coefficient (Wildman–Crippen LogP) is 4.15. The van der Waals surface area contributed by atoms with Gasteiger partial charge in [0.05, 0.1) is 23.6 Å². The molecule has 7 heteroatoms. The molecule has 1 aromatic heterocycles. The molecule has 1 atom stereocenters. The van der Waals surface area contributed by atoms with Crippen LogP contribution < -0.4 is 5.56 Å². The normalized spacial score (nSPS) is 16.9. The first-order valence-corrected chi connectivity index (χ1v) is 9.79. The average molecular weight is 388 g/mol. The summed E-state index contributed by atoms with van der Waals surface area (Å²) >= 11 is 1.23. The van der Waals surface area contributed by atoms with E-state index in [0.717, 1.165) is 18.9 Å². The maximum Gasteiger partial charge on any atom is 0.262 e. The Morgan fingerprint density at radius 2 is 2.04 bits per heavy atom. The summed E-state index contributed by atoms with van der Waals surface area (Å²) in [6.07, 6.45) is 1.83. The van der Waals surface area contributed by atoms with Crippen LogP contribution in [0.4, 0.5) is 8.78 Å². The maximum absolute atomic E-state index is 14.0.